The molecule has 5 heteroatoms. The van der Waals surface area contributed by atoms with E-state index in [0.717, 1.165) is 24.3 Å². The number of unbranched alkanes of at least 4 members (excludes halogenated alkanes) is 1. The number of hydrogen-bond donors (Lipinski definition) is 0. The maximum absolute atomic E-state index is 12.4. The van der Waals surface area contributed by atoms with Crippen molar-refractivity contribution in [3.63, 3.8) is 0 Å². The summed E-state index contributed by atoms with van der Waals surface area (Å²) in [6.07, 6.45) is 2.12. The third-order valence-corrected chi connectivity index (χ3v) is 5.02. The fourth-order valence-electron chi connectivity index (χ4n) is 1.79. The van der Waals surface area contributed by atoms with Gasteiger partial charge in [-0.2, -0.15) is 0 Å². The molecule has 98 valence electrons. The van der Waals surface area contributed by atoms with Crippen LogP contribution in [-0.2, 0) is 0 Å². The van der Waals surface area contributed by atoms with Crippen LogP contribution in [0.4, 0.5) is 0 Å². The standard InChI is InChI=1S/C13H16ClNOS2/c1-2-3-6-15(7-5-14)13(16)12-9-11-10(18-12)4-8-17-11/h4,8-9H,2-3,5-7H2,1H3. The quantitative estimate of drug-likeness (QED) is 0.722. The zero-order chi connectivity index (χ0) is 13.0. The van der Waals surface area contributed by atoms with Gasteiger partial charge in [0.15, 0.2) is 0 Å². The van der Waals surface area contributed by atoms with Crippen molar-refractivity contribution in [1.82, 2.24) is 4.90 Å². The topological polar surface area (TPSA) is 20.3 Å². The molecular weight excluding hydrogens is 286 g/mol. The molecule has 0 saturated heterocycles. The van der Waals surface area contributed by atoms with Gasteiger partial charge in [-0.1, -0.05) is 13.3 Å². The number of halogens is 1. The van der Waals surface area contributed by atoms with Crippen molar-refractivity contribution in [2.75, 3.05) is 19.0 Å². The van der Waals surface area contributed by atoms with Gasteiger partial charge in [0.2, 0.25) is 0 Å². The molecule has 2 nitrogen and oxygen atoms in total. The molecule has 0 aromatic carbocycles. The Hall–Kier alpha value is -0.580. The Balaban J connectivity index is 2.13. The molecule has 2 heterocycles. The lowest BCUT2D eigenvalue weighted by Crippen LogP contribution is -2.33. The van der Waals surface area contributed by atoms with Gasteiger partial charge in [-0.05, 0) is 23.9 Å². The molecule has 0 aliphatic heterocycles. The highest BCUT2D eigenvalue weighted by Crippen LogP contribution is 2.30. The predicted molar refractivity (Wildman–Crippen MR) is 81.2 cm³/mol. The van der Waals surface area contributed by atoms with Crippen molar-refractivity contribution in [1.29, 1.82) is 0 Å². The molecule has 0 aliphatic rings. The van der Waals surface area contributed by atoms with E-state index in [0.29, 0.717) is 12.4 Å². The van der Waals surface area contributed by atoms with Crippen LogP contribution in [0.3, 0.4) is 0 Å². The second-order valence-electron chi connectivity index (χ2n) is 4.09. The maximum Gasteiger partial charge on any atom is 0.264 e. The average Bonchev–Trinajstić information content (AvgIpc) is 2.94. The largest absolute Gasteiger partial charge is 0.337 e. The molecule has 2 aromatic heterocycles. The summed E-state index contributed by atoms with van der Waals surface area (Å²) in [4.78, 5) is 15.1. The van der Waals surface area contributed by atoms with Crippen molar-refractivity contribution in [2.24, 2.45) is 0 Å². The molecule has 0 atom stereocenters. The lowest BCUT2D eigenvalue weighted by molar-refractivity contribution is 0.0768. The molecule has 18 heavy (non-hydrogen) atoms. The predicted octanol–water partition coefficient (Wildman–Crippen LogP) is 4.44. The Kier molecular flexibility index (Phi) is 5.03. The summed E-state index contributed by atoms with van der Waals surface area (Å²) in [5.74, 6) is 0.618. The summed E-state index contributed by atoms with van der Waals surface area (Å²) >= 11 is 9.03. The van der Waals surface area contributed by atoms with Gasteiger partial charge >= 0.3 is 0 Å². The molecule has 0 radical (unpaired) electrons. The van der Waals surface area contributed by atoms with Crippen LogP contribution in [0.5, 0.6) is 0 Å². The van der Waals surface area contributed by atoms with E-state index < -0.39 is 0 Å². The molecule has 0 bridgehead atoms. The van der Waals surface area contributed by atoms with Crippen LogP contribution in [0.25, 0.3) is 9.40 Å². The normalized spacial score (nSPS) is 11.0. The number of alkyl halides is 1. The van der Waals surface area contributed by atoms with Crippen molar-refractivity contribution < 1.29 is 4.79 Å². The van der Waals surface area contributed by atoms with Gasteiger partial charge in [0, 0.05) is 28.4 Å². The summed E-state index contributed by atoms with van der Waals surface area (Å²) in [7, 11) is 0. The number of fused-ring (bicyclic) bond motifs is 1. The highest BCUT2D eigenvalue weighted by atomic mass is 35.5. The number of hydrogen-bond acceptors (Lipinski definition) is 3. The molecule has 2 aromatic rings. The third kappa shape index (κ3) is 3.05. The van der Waals surface area contributed by atoms with E-state index in [4.69, 9.17) is 11.6 Å². The average molecular weight is 302 g/mol. The van der Waals surface area contributed by atoms with E-state index in [1.165, 1.54) is 9.40 Å². The first-order chi connectivity index (χ1) is 8.76. The zero-order valence-electron chi connectivity index (χ0n) is 10.3. The summed E-state index contributed by atoms with van der Waals surface area (Å²) < 4.78 is 2.40. The number of carbonyl (C=O) groups is 1. The highest BCUT2D eigenvalue weighted by molar-refractivity contribution is 7.27. The first kappa shape index (κ1) is 13.8. The summed E-state index contributed by atoms with van der Waals surface area (Å²) in [5.41, 5.74) is 0. The molecule has 0 unspecified atom stereocenters. The fourth-order valence-corrected chi connectivity index (χ4v) is 4.07. The van der Waals surface area contributed by atoms with Crippen molar-refractivity contribution in [3.8, 4) is 0 Å². The zero-order valence-corrected chi connectivity index (χ0v) is 12.7. The van der Waals surface area contributed by atoms with Gasteiger partial charge < -0.3 is 4.90 Å². The van der Waals surface area contributed by atoms with Crippen LogP contribution < -0.4 is 0 Å². The van der Waals surface area contributed by atoms with E-state index in [9.17, 15) is 4.79 Å². The van der Waals surface area contributed by atoms with Crippen LogP contribution in [0.15, 0.2) is 17.5 Å². The SMILES string of the molecule is CCCCN(CCCl)C(=O)c1cc2sccc2s1. The Morgan fingerprint density at radius 2 is 2.22 bits per heavy atom. The highest BCUT2D eigenvalue weighted by Gasteiger charge is 2.17. The number of nitrogens with zero attached hydrogens (tertiary/aromatic N) is 1. The number of rotatable bonds is 6. The molecular formula is C13H16ClNOS2. The van der Waals surface area contributed by atoms with Gasteiger partial charge in [-0.15, -0.1) is 34.3 Å². The van der Waals surface area contributed by atoms with Crippen LogP contribution in [-0.4, -0.2) is 29.8 Å². The summed E-state index contributed by atoms with van der Waals surface area (Å²) in [5, 5.41) is 2.06. The minimum atomic E-state index is 0.123. The second kappa shape index (κ2) is 6.55. The molecule has 1 amide bonds. The molecule has 0 saturated carbocycles. The van der Waals surface area contributed by atoms with Gasteiger partial charge in [-0.3, -0.25) is 4.79 Å². The van der Waals surface area contributed by atoms with E-state index in [-0.39, 0.29) is 5.91 Å². The van der Waals surface area contributed by atoms with Gasteiger partial charge in [0.1, 0.15) is 0 Å². The molecule has 0 aliphatic carbocycles. The van der Waals surface area contributed by atoms with Gasteiger partial charge in [0.05, 0.1) is 4.88 Å². The first-order valence-corrected chi connectivity index (χ1v) is 8.31. The Bertz CT molecular complexity index is 491. The van der Waals surface area contributed by atoms with E-state index in [2.05, 4.69) is 18.4 Å². The molecule has 0 N–H and O–H groups in total. The minimum Gasteiger partial charge on any atom is -0.337 e. The Morgan fingerprint density at radius 3 is 2.89 bits per heavy atom. The van der Waals surface area contributed by atoms with E-state index >= 15 is 0 Å². The van der Waals surface area contributed by atoms with Gasteiger partial charge in [-0.25, -0.2) is 0 Å². The minimum absolute atomic E-state index is 0.123. The molecule has 0 fully saturated rings. The van der Waals surface area contributed by atoms with Crippen LogP contribution in [0.1, 0.15) is 29.4 Å². The van der Waals surface area contributed by atoms with E-state index in [1.807, 2.05) is 11.0 Å². The van der Waals surface area contributed by atoms with Crippen molar-refractivity contribution in [2.45, 2.75) is 19.8 Å². The smallest absolute Gasteiger partial charge is 0.264 e. The number of amides is 1. The lowest BCUT2D eigenvalue weighted by atomic mass is 10.3. The summed E-state index contributed by atoms with van der Waals surface area (Å²) in [6, 6.07) is 4.07. The first-order valence-electron chi connectivity index (χ1n) is 6.08. The fraction of sp³-hybridized carbons (Fsp3) is 0.462. The third-order valence-electron chi connectivity index (χ3n) is 2.77. The van der Waals surface area contributed by atoms with Crippen LogP contribution in [0, 0.1) is 0 Å². The summed E-state index contributed by atoms with van der Waals surface area (Å²) in [6.45, 7) is 3.56. The number of thiophene rings is 2. The van der Waals surface area contributed by atoms with Crippen LogP contribution in [0.2, 0.25) is 0 Å². The number of carbonyl (C=O) groups excluding carboxylic acids is 1. The second-order valence-corrected chi connectivity index (χ2v) is 6.50. The van der Waals surface area contributed by atoms with Crippen LogP contribution >= 0.6 is 34.3 Å². The molecule has 2 rings (SSSR count). The monoisotopic (exact) mass is 301 g/mol. The Morgan fingerprint density at radius 1 is 1.39 bits per heavy atom. The van der Waals surface area contributed by atoms with Crippen molar-refractivity contribution >= 4 is 49.6 Å². The van der Waals surface area contributed by atoms with Gasteiger partial charge in [0.25, 0.3) is 5.91 Å². The maximum atomic E-state index is 12.4. The van der Waals surface area contributed by atoms with Crippen molar-refractivity contribution in [3.05, 3.63) is 22.4 Å². The molecule has 0 spiro atoms. The van der Waals surface area contributed by atoms with E-state index in [1.54, 1.807) is 22.7 Å². The Labute approximate surface area is 120 Å². The lowest BCUT2D eigenvalue weighted by Gasteiger charge is -2.20.